The number of methoxy groups -OCH3 is 2. The molecule has 2 aromatic carbocycles. The van der Waals surface area contributed by atoms with E-state index in [0.29, 0.717) is 0 Å². The average molecular weight is 363 g/mol. The predicted octanol–water partition coefficient (Wildman–Crippen LogP) is 2.94. The minimum atomic E-state index is -1.10. The second kappa shape index (κ2) is 7.60. The lowest BCUT2D eigenvalue weighted by atomic mass is 10.1. The van der Waals surface area contributed by atoms with Gasteiger partial charge in [-0.05, 0) is 25.1 Å². The van der Waals surface area contributed by atoms with E-state index in [9.17, 15) is 25.1 Å². The molecule has 0 saturated heterocycles. The lowest BCUT2D eigenvalue weighted by molar-refractivity contribution is -0.386. The van der Waals surface area contributed by atoms with Crippen molar-refractivity contribution in [1.29, 1.82) is 0 Å². The number of hydrogen-bond acceptors (Lipinski definition) is 8. The maximum absolute atomic E-state index is 12.3. The van der Waals surface area contributed by atoms with E-state index in [1.807, 2.05) is 0 Å². The van der Waals surface area contributed by atoms with Gasteiger partial charge in [0, 0.05) is 6.07 Å². The highest BCUT2D eigenvalue weighted by Gasteiger charge is 2.30. The summed E-state index contributed by atoms with van der Waals surface area (Å²) in [6.45, 7) is 1.42. The molecule has 0 heterocycles. The van der Waals surface area contributed by atoms with Crippen LogP contribution in [0.15, 0.2) is 30.3 Å². The number of esters is 1. The molecule has 0 fully saturated rings. The van der Waals surface area contributed by atoms with E-state index >= 15 is 0 Å². The van der Waals surface area contributed by atoms with Gasteiger partial charge in [-0.3, -0.25) is 10.1 Å². The number of ether oxygens (including phenoxy) is 3. The fourth-order valence-electron chi connectivity index (χ4n) is 2.47. The van der Waals surface area contributed by atoms with E-state index in [-0.39, 0.29) is 28.3 Å². The maximum atomic E-state index is 12.3. The number of benzene rings is 2. The summed E-state index contributed by atoms with van der Waals surface area (Å²) in [5.41, 5.74) is -0.589. The van der Waals surface area contributed by atoms with Crippen LogP contribution in [0, 0.1) is 10.1 Å². The second-order valence-electron chi connectivity index (χ2n) is 5.21. The van der Waals surface area contributed by atoms with Crippen molar-refractivity contribution in [3.8, 4) is 23.0 Å². The number of para-hydroxylation sites is 1. The van der Waals surface area contributed by atoms with Gasteiger partial charge in [0.15, 0.2) is 23.0 Å². The smallest absolute Gasteiger partial charge is 0.342 e. The fraction of sp³-hybridized carbons (Fsp3) is 0.235. The van der Waals surface area contributed by atoms with Crippen LogP contribution in [0.3, 0.4) is 0 Å². The highest BCUT2D eigenvalue weighted by Crippen LogP contribution is 2.42. The Balaban J connectivity index is 2.45. The van der Waals surface area contributed by atoms with Gasteiger partial charge < -0.3 is 24.4 Å². The average Bonchev–Trinajstić information content (AvgIpc) is 2.62. The summed E-state index contributed by atoms with van der Waals surface area (Å²) in [7, 11) is 2.68. The molecule has 0 amide bonds. The Morgan fingerprint density at radius 3 is 2.42 bits per heavy atom. The molecule has 138 valence electrons. The molecule has 9 heteroatoms. The van der Waals surface area contributed by atoms with Gasteiger partial charge in [-0.2, -0.15) is 0 Å². The van der Waals surface area contributed by atoms with Crippen LogP contribution in [-0.2, 0) is 4.74 Å². The lowest BCUT2D eigenvalue weighted by Gasteiger charge is -2.18. The zero-order chi connectivity index (χ0) is 19.4. The topological polar surface area (TPSA) is 128 Å². The SMILES string of the molecule is COc1ccc([N+](=O)[O-])c(C(C)OC(=O)c2cccc(O)c2O)c1OC. The van der Waals surface area contributed by atoms with Crippen LogP contribution in [0.2, 0.25) is 0 Å². The van der Waals surface area contributed by atoms with Gasteiger partial charge >= 0.3 is 5.97 Å². The molecule has 0 aliphatic carbocycles. The molecule has 0 aliphatic rings. The standard InChI is InChI=1S/C17H17NO8/c1-9(26-17(21)10-5-4-6-12(19)15(10)20)14-11(18(22)23)7-8-13(24-2)16(14)25-3/h4-9,19-20H,1-3H3. The number of phenolic OH excluding ortho intramolecular Hbond substituents is 2. The van der Waals surface area contributed by atoms with Crippen molar-refractivity contribution in [1.82, 2.24) is 0 Å². The Bertz CT molecular complexity index is 849. The van der Waals surface area contributed by atoms with E-state index in [2.05, 4.69) is 0 Å². The minimum Gasteiger partial charge on any atom is -0.504 e. The van der Waals surface area contributed by atoms with Crippen LogP contribution in [-0.4, -0.2) is 35.3 Å². The summed E-state index contributed by atoms with van der Waals surface area (Å²) < 4.78 is 15.6. The number of hydrogen-bond donors (Lipinski definition) is 2. The molecular formula is C17H17NO8. The number of nitro benzene ring substituents is 1. The molecule has 0 aliphatic heterocycles. The van der Waals surface area contributed by atoms with E-state index in [1.54, 1.807) is 0 Å². The summed E-state index contributed by atoms with van der Waals surface area (Å²) in [5.74, 6) is -1.81. The van der Waals surface area contributed by atoms with Crippen LogP contribution < -0.4 is 9.47 Å². The van der Waals surface area contributed by atoms with Crippen molar-refractivity contribution in [2.45, 2.75) is 13.0 Å². The second-order valence-corrected chi connectivity index (χ2v) is 5.21. The van der Waals surface area contributed by atoms with Gasteiger partial charge in [-0.15, -0.1) is 0 Å². The van der Waals surface area contributed by atoms with Gasteiger partial charge in [-0.25, -0.2) is 4.79 Å². The van der Waals surface area contributed by atoms with Crippen LogP contribution in [0.25, 0.3) is 0 Å². The number of aromatic hydroxyl groups is 2. The zero-order valence-corrected chi connectivity index (χ0v) is 14.3. The van der Waals surface area contributed by atoms with Crippen LogP contribution in [0.1, 0.15) is 28.9 Å². The van der Waals surface area contributed by atoms with Gasteiger partial charge in [0.2, 0.25) is 0 Å². The van der Waals surface area contributed by atoms with Crippen molar-refractivity contribution in [2.75, 3.05) is 14.2 Å². The van der Waals surface area contributed by atoms with Gasteiger partial charge in [-0.1, -0.05) is 6.07 Å². The summed E-state index contributed by atoms with van der Waals surface area (Å²) in [5, 5.41) is 30.6. The lowest BCUT2D eigenvalue weighted by Crippen LogP contribution is -2.12. The first-order chi connectivity index (χ1) is 12.3. The van der Waals surface area contributed by atoms with Crippen molar-refractivity contribution in [3.05, 3.63) is 51.6 Å². The number of nitrogens with zero attached hydrogens (tertiary/aromatic N) is 1. The quantitative estimate of drug-likeness (QED) is 0.347. The molecule has 0 spiro atoms. The van der Waals surface area contributed by atoms with Gasteiger partial charge in [0.05, 0.1) is 19.1 Å². The number of carbonyl (C=O) groups excluding carboxylic acids is 1. The number of nitro groups is 1. The van der Waals surface area contributed by atoms with Crippen molar-refractivity contribution in [3.63, 3.8) is 0 Å². The summed E-state index contributed by atoms with van der Waals surface area (Å²) in [4.78, 5) is 23.0. The molecule has 0 saturated carbocycles. The Hall–Kier alpha value is -3.49. The first-order valence-electron chi connectivity index (χ1n) is 7.43. The van der Waals surface area contributed by atoms with Gasteiger partial charge in [0.25, 0.3) is 5.69 Å². The van der Waals surface area contributed by atoms with E-state index in [0.717, 1.165) is 0 Å². The first kappa shape index (κ1) is 18.8. The minimum absolute atomic E-state index is 0.00448. The Morgan fingerprint density at radius 1 is 1.15 bits per heavy atom. The monoisotopic (exact) mass is 363 g/mol. The van der Waals surface area contributed by atoms with E-state index in [1.165, 1.54) is 51.5 Å². The van der Waals surface area contributed by atoms with E-state index < -0.39 is 28.5 Å². The third-order valence-corrected chi connectivity index (χ3v) is 3.68. The number of carbonyl (C=O) groups is 1. The van der Waals surface area contributed by atoms with Crippen LogP contribution in [0.4, 0.5) is 5.69 Å². The molecule has 26 heavy (non-hydrogen) atoms. The summed E-state index contributed by atoms with van der Waals surface area (Å²) in [6.07, 6.45) is -1.10. The Morgan fingerprint density at radius 2 is 1.85 bits per heavy atom. The number of rotatable bonds is 6. The predicted molar refractivity (Wildman–Crippen MR) is 89.8 cm³/mol. The molecule has 9 nitrogen and oxygen atoms in total. The first-order valence-corrected chi connectivity index (χ1v) is 7.43. The molecular weight excluding hydrogens is 346 g/mol. The van der Waals surface area contributed by atoms with Crippen molar-refractivity contribution < 1.29 is 34.1 Å². The zero-order valence-electron chi connectivity index (χ0n) is 14.3. The molecule has 2 N–H and O–H groups in total. The summed E-state index contributed by atoms with van der Waals surface area (Å²) >= 11 is 0. The molecule has 2 aromatic rings. The third-order valence-electron chi connectivity index (χ3n) is 3.68. The van der Waals surface area contributed by atoms with E-state index in [4.69, 9.17) is 14.2 Å². The molecule has 1 atom stereocenters. The maximum Gasteiger partial charge on any atom is 0.342 e. The molecule has 0 bridgehead atoms. The van der Waals surface area contributed by atoms with Crippen LogP contribution in [0.5, 0.6) is 23.0 Å². The highest BCUT2D eigenvalue weighted by atomic mass is 16.6. The summed E-state index contributed by atoms with van der Waals surface area (Å²) in [6, 6.07) is 6.39. The molecule has 0 radical (unpaired) electrons. The molecule has 2 rings (SSSR count). The molecule has 0 aromatic heterocycles. The van der Waals surface area contributed by atoms with Crippen molar-refractivity contribution in [2.24, 2.45) is 0 Å². The van der Waals surface area contributed by atoms with Crippen molar-refractivity contribution >= 4 is 11.7 Å². The third kappa shape index (κ3) is 3.46. The fourth-order valence-corrected chi connectivity index (χ4v) is 2.47. The Labute approximate surface area is 148 Å². The highest BCUT2D eigenvalue weighted by molar-refractivity contribution is 5.93. The largest absolute Gasteiger partial charge is 0.504 e. The van der Waals surface area contributed by atoms with Gasteiger partial charge in [0.1, 0.15) is 17.2 Å². The number of phenols is 2. The normalized spacial score (nSPS) is 11.5. The molecule has 1 unspecified atom stereocenters. The Kier molecular flexibility index (Phi) is 5.51. The van der Waals surface area contributed by atoms with Crippen LogP contribution >= 0.6 is 0 Å².